The van der Waals surface area contributed by atoms with Crippen LogP contribution in [-0.2, 0) is 12.0 Å². The van der Waals surface area contributed by atoms with E-state index in [-0.39, 0.29) is 16.5 Å². The van der Waals surface area contributed by atoms with E-state index in [1.54, 1.807) is 22.5 Å². The number of aromatic nitrogens is 3. The quantitative estimate of drug-likeness (QED) is 0.788. The van der Waals surface area contributed by atoms with Crippen molar-refractivity contribution in [2.24, 2.45) is 5.92 Å². The second-order valence-corrected chi connectivity index (χ2v) is 8.22. The lowest BCUT2D eigenvalue weighted by Crippen LogP contribution is -2.32. The SMILES string of the molecule is CCC(C)(C)c1ccc(-c2nc3n(c(=O)c2C#N)CC(C)CS3)cn1. The predicted octanol–water partition coefficient (Wildman–Crippen LogP) is 3.61. The fourth-order valence-electron chi connectivity index (χ4n) is 2.81. The highest BCUT2D eigenvalue weighted by atomic mass is 32.2. The van der Waals surface area contributed by atoms with E-state index in [0.717, 1.165) is 17.9 Å². The number of nitriles is 1. The largest absolute Gasteiger partial charge is 0.286 e. The molecule has 25 heavy (non-hydrogen) atoms. The van der Waals surface area contributed by atoms with E-state index in [1.807, 2.05) is 12.1 Å². The highest BCUT2D eigenvalue weighted by Crippen LogP contribution is 2.30. The molecule has 0 amide bonds. The maximum absolute atomic E-state index is 12.7. The van der Waals surface area contributed by atoms with E-state index in [0.29, 0.717) is 28.9 Å². The summed E-state index contributed by atoms with van der Waals surface area (Å²) < 4.78 is 1.63. The van der Waals surface area contributed by atoms with Crippen LogP contribution in [0.5, 0.6) is 0 Å². The van der Waals surface area contributed by atoms with Gasteiger partial charge in [-0.1, -0.05) is 39.5 Å². The van der Waals surface area contributed by atoms with Crippen LogP contribution in [0.25, 0.3) is 11.3 Å². The van der Waals surface area contributed by atoms with E-state index in [1.165, 1.54) is 0 Å². The van der Waals surface area contributed by atoms with Crippen LogP contribution in [0.4, 0.5) is 0 Å². The molecule has 0 aliphatic carbocycles. The van der Waals surface area contributed by atoms with E-state index in [2.05, 4.69) is 43.7 Å². The van der Waals surface area contributed by atoms with Crippen LogP contribution in [0.3, 0.4) is 0 Å². The number of hydrogen-bond acceptors (Lipinski definition) is 5. The molecule has 0 radical (unpaired) electrons. The molecule has 0 aromatic carbocycles. The molecule has 3 heterocycles. The number of nitrogens with zero attached hydrogens (tertiary/aromatic N) is 4. The third-order valence-electron chi connectivity index (χ3n) is 4.85. The molecule has 5 nitrogen and oxygen atoms in total. The minimum absolute atomic E-state index is 0.00853. The molecule has 130 valence electrons. The summed E-state index contributed by atoms with van der Waals surface area (Å²) in [7, 11) is 0. The Balaban J connectivity index is 2.11. The molecule has 1 atom stereocenters. The normalized spacial score (nSPS) is 17.0. The lowest BCUT2D eigenvalue weighted by Gasteiger charge is -2.23. The first-order valence-electron chi connectivity index (χ1n) is 8.52. The second kappa shape index (κ2) is 6.64. The molecule has 0 N–H and O–H groups in total. The van der Waals surface area contributed by atoms with Crippen LogP contribution in [0.2, 0.25) is 0 Å². The zero-order chi connectivity index (χ0) is 18.2. The summed E-state index contributed by atoms with van der Waals surface area (Å²) in [5.41, 5.74) is 1.99. The smallest absolute Gasteiger partial charge is 0.272 e. The summed E-state index contributed by atoms with van der Waals surface area (Å²) in [6.07, 6.45) is 2.71. The first kappa shape index (κ1) is 17.7. The standard InChI is InChI=1S/C19H22N4OS/c1-5-19(3,4)15-7-6-13(9-21-15)16-14(8-20)17(24)23-10-12(2)11-25-18(23)22-16/h6-7,9,12H,5,10-11H2,1-4H3. The molecule has 2 aromatic rings. The molecule has 6 heteroatoms. The Morgan fingerprint density at radius 3 is 2.80 bits per heavy atom. The van der Waals surface area contributed by atoms with Gasteiger partial charge in [0.25, 0.3) is 5.56 Å². The van der Waals surface area contributed by atoms with E-state index < -0.39 is 0 Å². The van der Waals surface area contributed by atoms with Crippen molar-refractivity contribution in [2.75, 3.05) is 5.75 Å². The van der Waals surface area contributed by atoms with Gasteiger partial charge in [-0.2, -0.15) is 5.26 Å². The van der Waals surface area contributed by atoms with Crippen molar-refractivity contribution in [1.82, 2.24) is 14.5 Å². The Morgan fingerprint density at radius 1 is 1.44 bits per heavy atom. The van der Waals surface area contributed by atoms with Crippen LogP contribution >= 0.6 is 11.8 Å². The Hall–Kier alpha value is -2.13. The van der Waals surface area contributed by atoms with E-state index in [9.17, 15) is 10.1 Å². The Labute approximate surface area is 152 Å². The Kier molecular flexibility index (Phi) is 4.70. The summed E-state index contributed by atoms with van der Waals surface area (Å²) in [6, 6.07) is 5.93. The van der Waals surface area contributed by atoms with Gasteiger partial charge in [0.1, 0.15) is 11.6 Å². The zero-order valence-corrected chi connectivity index (χ0v) is 15.9. The Morgan fingerprint density at radius 2 is 2.20 bits per heavy atom. The second-order valence-electron chi connectivity index (χ2n) is 7.23. The summed E-state index contributed by atoms with van der Waals surface area (Å²) >= 11 is 1.57. The van der Waals surface area contributed by atoms with Crippen molar-refractivity contribution in [1.29, 1.82) is 5.26 Å². The molecule has 1 aliphatic heterocycles. The van der Waals surface area contributed by atoms with Gasteiger partial charge in [0.2, 0.25) is 0 Å². The van der Waals surface area contributed by atoms with Gasteiger partial charge in [0.15, 0.2) is 5.16 Å². The summed E-state index contributed by atoms with van der Waals surface area (Å²) in [4.78, 5) is 21.9. The van der Waals surface area contributed by atoms with Crippen LogP contribution in [0.1, 0.15) is 45.4 Å². The van der Waals surface area contributed by atoms with Gasteiger partial charge in [-0.3, -0.25) is 14.3 Å². The summed E-state index contributed by atoms with van der Waals surface area (Å²) in [5.74, 6) is 1.33. The maximum Gasteiger partial charge on any atom is 0.272 e. The van der Waals surface area contributed by atoms with Crippen LogP contribution in [-0.4, -0.2) is 20.3 Å². The molecule has 0 spiro atoms. The van der Waals surface area contributed by atoms with Gasteiger partial charge in [-0.25, -0.2) is 4.98 Å². The van der Waals surface area contributed by atoms with Gasteiger partial charge < -0.3 is 0 Å². The van der Waals surface area contributed by atoms with Crippen molar-refractivity contribution in [3.63, 3.8) is 0 Å². The maximum atomic E-state index is 12.7. The van der Waals surface area contributed by atoms with Crippen LogP contribution < -0.4 is 5.56 Å². The third kappa shape index (κ3) is 3.21. The third-order valence-corrected chi connectivity index (χ3v) is 6.16. The fourth-order valence-corrected chi connectivity index (χ4v) is 3.82. The molecule has 2 aromatic heterocycles. The monoisotopic (exact) mass is 354 g/mol. The van der Waals surface area contributed by atoms with Gasteiger partial charge in [-0.15, -0.1) is 0 Å². The average Bonchev–Trinajstić information content (AvgIpc) is 2.62. The minimum Gasteiger partial charge on any atom is -0.286 e. The molecule has 0 bridgehead atoms. The molecular weight excluding hydrogens is 332 g/mol. The van der Waals surface area contributed by atoms with Crippen molar-refractivity contribution in [3.8, 4) is 17.3 Å². The number of fused-ring (bicyclic) bond motifs is 1. The highest BCUT2D eigenvalue weighted by molar-refractivity contribution is 7.99. The zero-order valence-electron chi connectivity index (χ0n) is 15.0. The van der Waals surface area contributed by atoms with Gasteiger partial charge in [-0.05, 0) is 24.5 Å². The van der Waals surface area contributed by atoms with Gasteiger partial charge in [0.05, 0.1) is 5.69 Å². The van der Waals surface area contributed by atoms with Gasteiger partial charge >= 0.3 is 0 Å². The number of hydrogen-bond donors (Lipinski definition) is 0. The highest BCUT2D eigenvalue weighted by Gasteiger charge is 2.24. The molecular formula is C19H22N4OS. The fraction of sp³-hybridized carbons (Fsp3) is 0.474. The summed E-state index contributed by atoms with van der Waals surface area (Å²) in [6.45, 7) is 9.15. The lowest BCUT2D eigenvalue weighted by atomic mass is 9.86. The molecule has 0 saturated heterocycles. The van der Waals surface area contributed by atoms with Crippen LogP contribution in [0.15, 0.2) is 28.3 Å². The minimum atomic E-state index is -0.250. The Bertz CT molecular complexity index is 893. The summed E-state index contributed by atoms with van der Waals surface area (Å²) in [5, 5.41) is 10.2. The van der Waals surface area contributed by atoms with Crippen molar-refractivity contribution in [3.05, 3.63) is 39.9 Å². The molecule has 0 fully saturated rings. The molecule has 1 unspecified atom stereocenters. The number of thioether (sulfide) groups is 1. The average molecular weight is 354 g/mol. The first-order chi connectivity index (χ1) is 11.9. The predicted molar refractivity (Wildman–Crippen MR) is 99.6 cm³/mol. The molecule has 0 saturated carbocycles. The van der Waals surface area contributed by atoms with E-state index >= 15 is 0 Å². The first-order valence-corrected chi connectivity index (χ1v) is 9.50. The van der Waals surface area contributed by atoms with Gasteiger partial charge in [0, 0.05) is 35.2 Å². The topological polar surface area (TPSA) is 71.6 Å². The number of pyridine rings is 1. The van der Waals surface area contributed by atoms with Crippen molar-refractivity contribution in [2.45, 2.75) is 51.2 Å². The number of rotatable bonds is 3. The lowest BCUT2D eigenvalue weighted by molar-refractivity contribution is 0.460. The van der Waals surface area contributed by atoms with Crippen molar-refractivity contribution < 1.29 is 0 Å². The van der Waals surface area contributed by atoms with E-state index in [4.69, 9.17) is 0 Å². The van der Waals surface area contributed by atoms with Crippen molar-refractivity contribution >= 4 is 11.8 Å². The molecule has 3 rings (SSSR count). The van der Waals surface area contributed by atoms with Crippen LogP contribution in [0, 0.1) is 17.2 Å². The molecule has 1 aliphatic rings.